The molecule has 7 nitrogen and oxygen atoms in total. The van der Waals surface area contributed by atoms with Gasteiger partial charge in [-0.05, 0) is 24.3 Å². The van der Waals surface area contributed by atoms with Gasteiger partial charge in [0, 0.05) is 24.2 Å². The van der Waals surface area contributed by atoms with Crippen molar-refractivity contribution >= 4 is 34.0 Å². The summed E-state index contributed by atoms with van der Waals surface area (Å²) in [7, 11) is 0. The van der Waals surface area contributed by atoms with Crippen molar-refractivity contribution in [3.8, 4) is 5.69 Å². The molecule has 0 atom stereocenters. The van der Waals surface area contributed by atoms with Gasteiger partial charge in [-0.15, -0.1) is 0 Å². The van der Waals surface area contributed by atoms with Gasteiger partial charge in [0.15, 0.2) is 5.84 Å². The van der Waals surface area contributed by atoms with Crippen molar-refractivity contribution in [1.82, 2.24) is 9.99 Å². The fourth-order valence-electron chi connectivity index (χ4n) is 3.62. The number of hydrogen-bond donors (Lipinski definition) is 3. The highest BCUT2D eigenvalue weighted by Crippen LogP contribution is 2.41. The number of ether oxygens (including phenoxy) is 1. The summed E-state index contributed by atoms with van der Waals surface area (Å²) in [4.78, 5) is 2.09. The number of hydrogen-bond acceptors (Lipinski definition) is 5. The number of nitrogens with two attached hydrogens (primary N) is 2. The van der Waals surface area contributed by atoms with E-state index in [1.807, 2.05) is 34.9 Å². The second kappa shape index (κ2) is 7.67. The first-order valence-corrected chi connectivity index (χ1v) is 9.20. The standard InChI is InChI=1S/C19H20ClFN6O/c20-16-13(21)6-7-14-15(16)17(26-8-10-28-11-9-26)18(19(24-22)25-23)27(14)12-4-2-1-3-5-12/h1-7H,8-11,22-23H2,(H,24,25). The van der Waals surface area contributed by atoms with Crippen LogP contribution < -0.4 is 22.0 Å². The van der Waals surface area contributed by atoms with E-state index in [1.54, 1.807) is 6.07 Å². The second-order valence-corrected chi connectivity index (χ2v) is 6.72. The molecule has 0 unspecified atom stereocenters. The molecule has 1 aromatic heterocycles. The van der Waals surface area contributed by atoms with Crippen LogP contribution >= 0.6 is 11.6 Å². The SMILES string of the molecule is N/N=C(\NN)c1c(N2CCOCC2)c2c(Cl)c(F)ccc2n1-c1ccccc1. The maximum atomic E-state index is 14.4. The lowest BCUT2D eigenvalue weighted by Gasteiger charge is -2.30. The molecule has 3 aromatic rings. The van der Waals surface area contributed by atoms with Crippen LogP contribution in [0.2, 0.25) is 5.02 Å². The fraction of sp³-hybridized carbons (Fsp3) is 0.211. The van der Waals surface area contributed by atoms with E-state index in [0.29, 0.717) is 43.1 Å². The van der Waals surface area contributed by atoms with Gasteiger partial charge in [0.2, 0.25) is 0 Å². The predicted molar refractivity (Wildman–Crippen MR) is 109 cm³/mol. The highest BCUT2D eigenvalue weighted by Gasteiger charge is 2.29. The number of para-hydroxylation sites is 1. The van der Waals surface area contributed by atoms with Crippen LogP contribution in [0.1, 0.15) is 5.69 Å². The first-order valence-electron chi connectivity index (χ1n) is 8.82. The normalized spacial score (nSPS) is 15.2. The Hall–Kier alpha value is -2.81. The van der Waals surface area contributed by atoms with Gasteiger partial charge in [-0.1, -0.05) is 29.8 Å². The van der Waals surface area contributed by atoms with Crippen molar-refractivity contribution in [2.24, 2.45) is 16.8 Å². The van der Waals surface area contributed by atoms with E-state index in [-0.39, 0.29) is 10.9 Å². The highest BCUT2D eigenvalue weighted by atomic mass is 35.5. The summed E-state index contributed by atoms with van der Waals surface area (Å²) >= 11 is 6.45. The Labute approximate surface area is 166 Å². The Morgan fingerprint density at radius 1 is 1.14 bits per heavy atom. The zero-order chi connectivity index (χ0) is 19.7. The maximum Gasteiger partial charge on any atom is 0.186 e. The summed E-state index contributed by atoms with van der Waals surface area (Å²) in [5.41, 5.74) is 5.47. The smallest absolute Gasteiger partial charge is 0.186 e. The molecule has 2 aromatic carbocycles. The number of nitrogens with zero attached hydrogens (tertiary/aromatic N) is 3. The fourth-order valence-corrected chi connectivity index (χ4v) is 3.87. The highest BCUT2D eigenvalue weighted by molar-refractivity contribution is 6.37. The van der Waals surface area contributed by atoms with Gasteiger partial charge in [0.05, 0.1) is 29.4 Å². The minimum absolute atomic E-state index is 0.0447. The van der Waals surface area contributed by atoms with Crippen LogP contribution in [0.15, 0.2) is 47.6 Å². The van der Waals surface area contributed by atoms with Gasteiger partial charge in [-0.3, -0.25) is 0 Å². The Morgan fingerprint density at radius 3 is 2.50 bits per heavy atom. The van der Waals surface area contributed by atoms with Gasteiger partial charge in [0.1, 0.15) is 11.5 Å². The van der Waals surface area contributed by atoms with E-state index in [1.165, 1.54) is 6.07 Å². The zero-order valence-electron chi connectivity index (χ0n) is 15.0. The van der Waals surface area contributed by atoms with E-state index >= 15 is 0 Å². The van der Waals surface area contributed by atoms with Crippen molar-refractivity contribution in [3.63, 3.8) is 0 Å². The molecule has 1 aliphatic rings. The molecule has 1 saturated heterocycles. The summed E-state index contributed by atoms with van der Waals surface area (Å²) < 4.78 is 21.8. The summed E-state index contributed by atoms with van der Waals surface area (Å²) in [5, 5.41) is 4.46. The van der Waals surface area contributed by atoms with Crippen LogP contribution in [0.5, 0.6) is 0 Å². The van der Waals surface area contributed by atoms with Gasteiger partial charge < -0.3 is 25.5 Å². The number of anilines is 1. The Morgan fingerprint density at radius 2 is 1.86 bits per heavy atom. The predicted octanol–water partition coefficient (Wildman–Crippen LogP) is 2.34. The number of rotatable bonds is 3. The van der Waals surface area contributed by atoms with Gasteiger partial charge in [-0.2, -0.15) is 5.10 Å². The molecule has 0 saturated carbocycles. The Balaban J connectivity index is 2.15. The Kier molecular flexibility index (Phi) is 5.08. The maximum absolute atomic E-state index is 14.4. The van der Waals surface area contributed by atoms with Gasteiger partial charge >= 0.3 is 0 Å². The molecule has 4 rings (SSSR count). The third-order valence-electron chi connectivity index (χ3n) is 4.83. The van der Waals surface area contributed by atoms with Crippen molar-refractivity contribution in [2.75, 3.05) is 31.2 Å². The van der Waals surface area contributed by atoms with Crippen molar-refractivity contribution < 1.29 is 9.13 Å². The first kappa shape index (κ1) is 18.5. The molecule has 1 fully saturated rings. The number of hydrazone groups is 1. The number of amidine groups is 1. The van der Waals surface area contributed by atoms with E-state index in [0.717, 1.165) is 11.2 Å². The average Bonchev–Trinajstić information content (AvgIpc) is 3.08. The summed E-state index contributed by atoms with van der Waals surface area (Å²) in [5.74, 6) is 11.1. The third-order valence-corrected chi connectivity index (χ3v) is 5.20. The first-order chi connectivity index (χ1) is 13.7. The van der Waals surface area contributed by atoms with Crippen LogP contribution in [-0.2, 0) is 4.74 Å². The van der Waals surface area contributed by atoms with E-state index in [4.69, 9.17) is 28.0 Å². The number of benzene rings is 2. The summed E-state index contributed by atoms with van der Waals surface area (Å²) in [6.07, 6.45) is 0. The topological polar surface area (TPSA) is 93.8 Å². The number of aromatic nitrogens is 1. The molecule has 0 radical (unpaired) electrons. The molecular weight excluding hydrogens is 383 g/mol. The molecule has 9 heteroatoms. The number of morpholine rings is 1. The molecule has 0 amide bonds. The van der Waals surface area contributed by atoms with E-state index in [2.05, 4.69) is 15.4 Å². The minimum Gasteiger partial charge on any atom is -0.378 e. The van der Waals surface area contributed by atoms with Crippen LogP contribution in [0.4, 0.5) is 10.1 Å². The number of hydrazine groups is 1. The zero-order valence-corrected chi connectivity index (χ0v) is 15.8. The molecule has 2 heterocycles. The molecule has 146 valence electrons. The van der Waals surface area contributed by atoms with Crippen LogP contribution in [-0.4, -0.2) is 36.7 Å². The van der Waals surface area contributed by atoms with Crippen LogP contribution in [0.3, 0.4) is 0 Å². The van der Waals surface area contributed by atoms with Crippen LogP contribution in [0, 0.1) is 5.82 Å². The molecule has 1 aliphatic heterocycles. The lowest BCUT2D eigenvalue weighted by atomic mass is 10.1. The summed E-state index contributed by atoms with van der Waals surface area (Å²) in [6, 6.07) is 12.7. The van der Waals surface area contributed by atoms with Crippen LogP contribution in [0.25, 0.3) is 16.6 Å². The Bertz CT molecular complexity index is 1030. The number of nitrogens with one attached hydrogen (secondary N) is 1. The van der Waals surface area contributed by atoms with Gasteiger partial charge in [0.25, 0.3) is 0 Å². The lowest BCUT2D eigenvalue weighted by Crippen LogP contribution is -2.39. The third kappa shape index (κ3) is 2.95. The van der Waals surface area contributed by atoms with E-state index < -0.39 is 5.82 Å². The molecule has 28 heavy (non-hydrogen) atoms. The molecule has 0 spiro atoms. The summed E-state index contributed by atoms with van der Waals surface area (Å²) in [6.45, 7) is 2.34. The van der Waals surface area contributed by atoms with Crippen molar-refractivity contribution in [3.05, 3.63) is 59.0 Å². The average molecular weight is 403 g/mol. The molecule has 0 aliphatic carbocycles. The molecule has 0 bridgehead atoms. The molecular formula is C19H20ClFN6O. The van der Waals surface area contributed by atoms with Gasteiger partial charge in [-0.25, -0.2) is 10.2 Å². The quantitative estimate of drug-likeness (QED) is 0.270. The lowest BCUT2D eigenvalue weighted by molar-refractivity contribution is 0.123. The van der Waals surface area contributed by atoms with E-state index in [9.17, 15) is 4.39 Å². The largest absolute Gasteiger partial charge is 0.378 e. The number of fused-ring (bicyclic) bond motifs is 1. The second-order valence-electron chi connectivity index (χ2n) is 6.35. The van der Waals surface area contributed by atoms with Crippen molar-refractivity contribution in [1.29, 1.82) is 0 Å². The van der Waals surface area contributed by atoms with Crippen molar-refractivity contribution in [2.45, 2.75) is 0 Å². The monoisotopic (exact) mass is 402 g/mol. The minimum atomic E-state index is -0.493. The number of halogens is 2. The molecule has 5 N–H and O–H groups in total.